The van der Waals surface area contributed by atoms with Gasteiger partial charge in [-0.3, -0.25) is 10.1 Å². The topological polar surface area (TPSA) is 32.3 Å². The molecule has 1 atom stereocenters. The summed E-state index contributed by atoms with van der Waals surface area (Å²) in [7, 11) is 1.79. The van der Waals surface area contributed by atoms with Crippen LogP contribution in [-0.2, 0) is 11.3 Å². The first-order valence-corrected chi connectivity index (χ1v) is 7.48. The van der Waals surface area contributed by atoms with Crippen molar-refractivity contribution < 1.29 is 4.79 Å². The fraction of sp³-hybridized carbons (Fsp3) is 0.417. The molecule has 1 aromatic rings. The van der Waals surface area contributed by atoms with Gasteiger partial charge in [0.25, 0.3) is 0 Å². The van der Waals surface area contributed by atoms with Crippen LogP contribution in [0.15, 0.2) is 18.2 Å². The van der Waals surface area contributed by atoms with Crippen LogP contribution >= 0.6 is 35.0 Å². The first-order chi connectivity index (χ1) is 8.56. The molecule has 0 bridgehead atoms. The molecule has 1 fully saturated rings. The Morgan fingerprint density at radius 1 is 1.44 bits per heavy atom. The molecule has 1 unspecified atom stereocenters. The lowest BCUT2D eigenvalue weighted by Gasteiger charge is -2.21. The van der Waals surface area contributed by atoms with Crippen molar-refractivity contribution in [3.63, 3.8) is 0 Å². The van der Waals surface area contributed by atoms with Crippen LogP contribution in [0.2, 0.25) is 10.0 Å². The van der Waals surface area contributed by atoms with Gasteiger partial charge in [-0.05, 0) is 23.8 Å². The van der Waals surface area contributed by atoms with Crippen molar-refractivity contribution in [2.75, 3.05) is 18.7 Å². The fourth-order valence-electron chi connectivity index (χ4n) is 1.87. The zero-order chi connectivity index (χ0) is 13.1. The molecule has 0 radical (unpaired) electrons. The average molecular weight is 305 g/mol. The number of thioether (sulfide) groups is 1. The van der Waals surface area contributed by atoms with E-state index in [2.05, 4.69) is 5.32 Å². The normalized spacial score (nSPS) is 18.9. The van der Waals surface area contributed by atoms with Crippen molar-refractivity contribution in [1.82, 2.24) is 10.2 Å². The predicted octanol–water partition coefficient (Wildman–Crippen LogP) is 2.61. The van der Waals surface area contributed by atoms with E-state index in [0.29, 0.717) is 16.6 Å². The molecule has 0 aliphatic carbocycles. The van der Waals surface area contributed by atoms with Gasteiger partial charge < -0.3 is 4.90 Å². The van der Waals surface area contributed by atoms with Gasteiger partial charge in [-0.15, -0.1) is 11.8 Å². The maximum atomic E-state index is 12.1. The molecule has 1 aromatic carbocycles. The summed E-state index contributed by atoms with van der Waals surface area (Å²) in [4.78, 5) is 13.8. The van der Waals surface area contributed by atoms with E-state index in [1.807, 2.05) is 12.1 Å². The molecule has 1 aliphatic rings. The lowest BCUT2D eigenvalue weighted by atomic mass is 10.2. The zero-order valence-electron chi connectivity index (χ0n) is 9.95. The summed E-state index contributed by atoms with van der Waals surface area (Å²) in [5.74, 6) is 1.78. The van der Waals surface area contributed by atoms with Crippen LogP contribution in [0.5, 0.6) is 0 Å². The van der Waals surface area contributed by atoms with Gasteiger partial charge in [0.05, 0.1) is 6.04 Å². The maximum Gasteiger partial charge on any atom is 0.240 e. The number of carbonyl (C=O) groups excluding carboxylic acids is 1. The van der Waals surface area contributed by atoms with Crippen LogP contribution in [-0.4, -0.2) is 35.5 Å². The number of nitrogens with one attached hydrogen (secondary N) is 1. The van der Waals surface area contributed by atoms with E-state index >= 15 is 0 Å². The van der Waals surface area contributed by atoms with E-state index in [0.717, 1.165) is 17.2 Å². The quantitative estimate of drug-likeness (QED) is 0.932. The van der Waals surface area contributed by atoms with Gasteiger partial charge in [-0.25, -0.2) is 0 Å². The minimum atomic E-state index is -0.0744. The Labute approximate surface area is 121 Å². The minimum absolute atomic E-state index is 0.0744. The van der Waals surface area contributed by atoms with Gasteiger partial charge in [0, 0.05) is 35.3 Å². The van der Waals surface area contributed by atoms with Crippen molar-refractivity contribution in [2.24, 2.45) is 0 Å². The Kier molecular flexibility index (Phi) is 4.78. The van der Waals surface area contributed by atoms with Crippen LogP contribution in [0, 0.1) is 0 Å². The van der Waals surface area contributed by atoms with Gasteiger partial charge in [-0.2, -0.15) is 0 Å². The highest BCUT2D eigenvalue weighted by Gasteiger charge is 2.25. The van der Waals surface area contributed by atoms with E-state index < -0.39 is 0 Å². The molecular formula is C12H14Cl2N2OS. The molecule has 1 heterocycles. The Morgan fingerprint density at radius 3 is 2.67 bits per heavy atom. The molecule has 0 saturated carbocycles. The molecule has 98 valence electrons. The van der Waals surface area contributed by atoms with Gasteiger partial charge in [-0.1, -0.05) is 23.2 Å². The number of amides is 1. The fourth-order valence-corrected chi connectivity index (χ4v) is 3.38. The third-order valence-corrected chi connectivity index (χ3v) is 4.11. The zero-order valence-corrected chi connectivity index (χ0v) is 12.3. The number of benzene rings is 1. The van der Waals surface area contributed by atoms with Gasteiger partial charge in [0.15, 0.2) is 0 Å². The lowest BCUT2D eigenvalue weighted by Crippen LogP contribution is -2.42. The molecule has 2 rings (SSSR count). The van der Waals surface area contributed by atoms with Crippen molar-refractivity contribution >= 4 is 40.9 Å². The third kappa shape index (κ3) is 3.54. The summed E-state index contributed by atoms with van der Waals surface area (Å²) in [5.41, 5.74) is 0.939. The molecule has 3 nitrogen and oxygen atoms in total. The van der Waals surface area contributed by atoms with Crippen molar-refractivity contribution in [1.29, 1.82) is 0 Å². The largest absolute Gasteiger partial charge is 0.340 e. The van der Waals surface area contributed by atoms with Gasteiger partial charge in [0.2, 0.25) is 5.91 Å². The van der Waals surface area contributed by atoms with E-state index in [1.165, 1.54) is 0 Å². The predicted molar refractivity (Wildman–Crippen MR) is 77.2 cm³/mol. The van der Waals surface area contributed by atoms with E-state index in [1.54, 1.807) is 29.8 Å². The number of carbonyl (C=O) groups is 1. The number of nitrogens with zero attached hydrogens (tertiary/aromatic N) is 1. The summed E-state index contributed by atoms with van der Waals surface area (Å²) in [6, 6.07) is 5.26. The second kappa shape index (κ2) is 6.15. The first-order valence-electron chi connectivity index (χ1n) is 5.57. The molecule has 6 heteroatoms. The monoisotopic (exact) mass is 304 g/mol. The van der Waals surface area contributed by atoms with Crippen LogP contribution in [0.25, 0.3) is 0 Å². The summed E-state index contributed by atoms with van der Waals surface area (Å²) < 4.78 is 0. The Morgan fingerprint density at radius 2 is 2.11 bits per heavy atom. The Bertz CT molecular complexity index is 429. The highest BCUT2D eigenvalue weighted by molar-refractivity contribution is 7.99. The summed E-state index contributed by atoms with van der Waals surface area (Å²) in [6.45, 7) is 0.516. The van der Waals surface area contributed by atoms with Crippen molar-refractivity contribution in [3.8, 4) is 0 Å². The Hall–Kier alpha value is -0.420. The first kappa shape index (κ1) is 14.0. The number of halogens is 2. The third-order valence-electron chi connectivity index (χ3n) is 2.73. The highest BCUT2D eigenvalue weighted by Crippen LogP contribution is 2.20. The number of rotatable bonds is 3. The second-order valence-electron chi connectivity index (χ2n) is 4.24. The number of hydrogen-bond donors (Lipinski definition) is 1. The molecule has 1 N–H and O–H groups in total. The minimum Gasteiger partial charge on any atom is -0.340 e. The van der Waals surface area contributed by atoms with Crippen LogP contribution in [0.4, 0.5) is 0 Å². The molecule has 1 amide bonds. The van der Waals surface area contributed by atoms with E-state index in [-0.39, 0.29) is 11.9 Å². The molecule has 0 aromatic heterocycles. The maximum absolute atomic E-state index is 12.1. The Balaban J connectivity index is 2.01. The van der Waals surface area contributed by atoms with Crippen molar-refractivity contribution in [3.05, 3.63) is 33.8 Å². The molecule has 1 saturated heterocycles. The highest BCUT2D eigenvalue weighted by atomic mass is 35.5. The second-order valence-corrected chi connectivity index (χ2v) is 6.15. The standard InChI is InChI=1S/C12H14Cl2N2OS/c1-16(12(17)11-6-18-7-15-11)5-8-2-9(13)4-10(14)3-8/h2-4,11,15H,5-7H2,1H3. The smallest absolute Gasteiger partial charge is 0.240 e. The van der Waals surface area contributed by atoms with E-state index in [9.17, 15) is 4.79 Å². The van der Waals surface area contributed by atoms with Crippen LogP contribution in [0.1, 0.15) is 5.56 Å². The molecule has 18 heavy (non-hydrogen) atoms. The number of hydrogen-bond acceptors (Lipinski definition) is 3. The van der Waals surface area contributed by atoms with Crippen molar-refractivity contribution in [2.45, 2.75) is 12.6 Å². The average Bonchev–Trinajstić information content (AvgIpc) is 2.79. The van der Waals surface area contributed by atoms with Gasteiger partial charge in [0.1, 0.15) is 0 Å². The number of likely N-dealkylation sites (N-methyl/N-ethyl adjacent to an activating group) is 1. The van der Waals surface area contributed by atoms with E-state index in [4.69, 9.17) is 23.2 Å². The van der Waals surface area contributed by atoms with Crippen LogP contribution < -0.4 is 5.32 Å². The lowest BCUT2D eigenvalue weighted by molar-refractivity contribution is -0.131. The molecule has 1 aliphatic heterocycles. The summed E-state index contributed by atoms with van der Waals surface area (Å²) >= 11 is 13.6. The van der Waals surface area contributed by atoms with Gasteiger partial charge >= 0.3 is 0 Å². The molecular weight excluding hydrogens is 291 g/mol. The SMILES string of the molecule is CN(Cc1cc(Cl)cc(Cl)c1)C(=O)C1CSCN1. The summed E-state index contributed by atoms with van der Waals surface area (Å²) in [6.07, 6.45) is 0. The molecule has 0 spiro atoms. The summed E-state index contributed by atoms with van der Waals surface area (Å²) in [5, 5.41) is 4.35. The van der Waals surface area contributed by atoms with Crippen LogP contribution in [0.3, 0.4) is 0 Å².